The summed E-state index contributed by atoms with van der Waals surface area (Å²) < 4.78 is 6.72. The molecule has 0 unspecified atom stereocenters. The summed E-state index contributed by atoms with van der Waals surface area (Å²) in [5.41, 5.74) is 1.54. The zero-order valence-corrected chi connectivity index (χ0v) is 14.5. The number of phenols is 1. The van der Waals surface area contributed by atoms with Gasteiger partial charge < -0.3 is 9.84 Å². The molecule has 134 valence electrons. The first kappa shape index (κ1) is 16.8. The van der Waals surface area contributed by atoms with Crippen LogP contribution in [0, 0.1) is 6.92 Å². The van der Waals surface area contributed by atoms with Gasteiger partial charge >= 0.3 is 5.97 Å². The van der Waals surface area contributed by atoms with Crippen molar-refractivity contribution in [1.82, 2.24) is 9.38 Å². The van der Waals surface area contributed by atoms with Gasteiger partial charge in [-0.3, -0.25) is 9.20 Å². The Morgan fingerprint density at radius 3 is 2.63 bits per heavy atom. The highest BCUT2D eigenvalue weighted by Crippen LogP contribution is 2.25. The number of benzene rings is 2. The highest BCUT2D eigenvalue weighted by Gasteiger charge is 2.15. The number of fused-ring (bicyclic) bond motifs is 2. The molecule has 4 rings (SSSR count). The number of carbonyl (C=O) groups excluding carboxylic acids is 1. The summed E-state index contributed by atoms with van der Waals surface area (Å²) in [6.07, 6.45) is 1.64. The Labute approximate surface area is 154 Å². The maximum Gasteiger partial charge on any atom is 0.342 e. The maximum atomic E-state index is 12.4. The van der Waals surface area contributed by atoms with Crippen molar-refractivity contribution in [2.45, 2.75) is 13.5 Å². The van der Waals surface area contributed by atoms with Crippen LogP contribution in [0.1, 0.15) is 21.6 Å². The van der Waals surface area contributed by atoms with Gasteiger partial charge in [-0.05, 0) is 41.5 Å². The lowest BCUT2D eigenvalue weighted by molar-refractivity contribution is 0.0464. The predicted octanol–water partition coefficient (Wildman–Crippen LogP) is 3.22. The molecule has 27 heavy (non-hydrogen) atoms. The average Bonchev–Trinajstić information content (AvgIpc) is 2.66. The molecule has 0 fully saturated rings. The number of aromatic hydroxyl groups is 1. The van der Waals surface area contributed by atoms with Crippen molar-refractivity contribution in [2.24, 2.45) is 0 Å². The summed E-state index contributed by atoms with van der Waals surface area (Å²) in [6.45, 7) is 1.69. The van der Waals surface area contributed by atoms with E-state index in [4.69, 9.17) is 4.74 Å². The number of phenolic OH excluding ortho intramolecular Hbond substituents is 1. The van der Waals surface area contributed by atoms with E-state index in [1.165, 1.54) is 16.5 Å². The summed E-state index contributed by atoms with van der Waals surface area (Å²) in [5.74, 6) is -0.828. The first-order valence-corrected chi connectivity index (χ1v) is 8.40. The minimum absolute atomic E-state index is 0.0717. The number of hydrogen-bond acceptors (Lipinski definition) is 5. The number of aromatic nitrogens is 2. The van der Waals surface area contributed by atoms with Crippen molar-refractivity contribution in [3.8, 4) is 5.75 Å². The van der Waals surface area contributed by atoms with E-state index >= 15 is 0 Å². The molecule has 0 spiro atoms. The van der Waals surface area contributed by atoms with Crippen molar-refractivity contribution >= 4 is 22.4 Å². The van der Waals surface area contributed by atoms with E-state index in [0.717, 1.165) is 16.3 Å². The van der Waals surface area contributed by atoms with E-state index < -0.39 is 5.97 Å². The quantitative estimate of drug-likeness (QED) is 0.568. The van der Waals surface area contributed by atoms with Crippen molar-refractivity contribution in [1.29, 1.82) is 0 Å². The molecule has 2 aromatic carbocycles. The lowest BCUT2D eigenvalue weighted by Crippen LogP contribution is -2.17. The fraction of sp³-hybridized carbons (Fsp3) is 0.0952. The molecule has 0 bridgehead atoms. The van der Waals surface area contributed by atoms with Crippen molar-refractivity contribution < 1.29 is 14.6 Å². The first-order valence-electron chi connectivity index (χ1n) is 8.40. The Kier molecular flexibility index (Phi) is 4.08. The van der Waals surface area contributed by atoms with Gasteiger partial charge in [-0.15, -0.1) is 0 Å². The Balaban J connectivity index is 1.61. The molecule has 0 aliphatic carbocycles. The Morgan fingerprint density at radius 1 is 1.11 bits per heavy atom. The smallest absolute Gasteiger partial charge is 0.342 e. The normalized spacial score (nSPS) is 11.0. The first-order chi connectivity index (χ1) is 13.0. The van der Waals surface area contributed by atoms with E-state index in [2.05, 4.69) is 4.98 Å². The average molecular weight is 360 g/mol. The van der Waals surface area contributed by atoms with Crippen LogP contribution in [-0.4, -0.2) is 20.5 Å². The van der Waals surface area contributed by atoms with Crippen molar-refractivity contribution in [3.05, 3.63) is 88.0 Å². The number of rotatable bonds is 3. The number of esters is 1. The van der Waals surface area contributed by atoms with Crippen LogP contribution in [0.3, 0.4) is 0 Å². The molecule has 0 saturated heterocycles. The van der Waals surface area contributed by atoms with Gasteiger partial charge in [-0.1, -0.05) is 30.3 Å². The molecule has 0 aliphatic rings. The molecule has 1 N–H and O–H groups in total. The standard InChI is InChI=1S/C21H16N2O4/c1-13-5-4-8-23-19(25)11-16(22-20(13)23)12-27-21(26)17-9-14-6-2-3-7-15(14)10-18(17)24/h2-11,24H,12H2,1H3. The second-order valence-corrected chi connectivity index (χ2v) is 6.26. The predicted molar refractivity (Wildman–Crippen MR) is 101 cm³/mol. The van der Waals surface area contributed by atoms with Gasteiger partial charge in [-0.25, -0.2) is 9.78 Å². The Hall–Kier alpha value is -3.67. The van der Waals surface area contributed by atoms with Gasteiger partial charge in [0, 0.05) is 12.3 Å². The highest BCUT2D eigenvalue weighted by molar-refractivity contribution is 5.98. The van der Waals surface area contributed by atoms with Gasteiger partial charge in [-0.2, -0.15) is 0 Å². The highest BCUT2D eigenvalue weighted by atomic mass is 16.5. The van der Waals surface area contributed by atoms with Gasteiger partial charge in [0.1, 0.15) is 23.6 Å². The Morgan fingerprint density at radius 2 is 1.85 bits per heavy atom. The number of nitrogens with zero attached hydrogens (tertiary/aromatic N) is 2. The number of pyridine rings is 1. The fourth-order valence-corrected chi connectivity index (χ4v) is 2.99. The van der Waals surface area contributed by atoms with Crippen LogP contribution in [0.2, 0.25) is 0 Å². The fourth-order valence-electron chi connectivity index (χ4n) is 2.99. The molecule has 6 heteroatoms. The van der Waals surface area contributed by atoms with Crippen LogP contribution in [0.15, 0.2) is 65.6 Å². The molecule has 0 aliphatic heterocycles. The lowest BCUT2D eigenvalue weighted by atomic mass is 10.1. The van der Waals surface area contributed by atoms with Gasteiger partial charge in [0.25, 0.3) is 5.56 Å². The summed E-state index contributed by atoms with van der Waals surface area (Å²) in [4.78, 5) is 29.0. The molecular formula is C21H16N2O4. The second-order valence-electron chi connectivity index (χ2n) is 6.26. The molecule has 4 aromatic rings. The van der Waals surface area contributed by atoms with E-state index in [9.17, 15) is 14.7 Å². The van der Waals surface area contributed by atoms with Gasteiger partial charge in [0.2, 0.25) is 0 Å². The lowest BCUT2D eigenvalue weighted by Gasteiger charge is -2.09. The van der Waals surface area contributed by atoms with Crippen LogP contribution in [0.4, 0.5) is 0 Å². The molecule has 6 nitrogen and oxygen atoms in total. The van der Waals surface area contributed by atoms with Crippen LogP contribution in [-0.2, 0) is 11.3 Å². The van der Waals surface area contributed by atoms with Gasteiger partial charge in [0.15, 0.2) is 0 Å². The van der Waals surface area contributed by atoms with Crippen molar-refractivity contribution in [3.63, 3.8) is 0 Å². The SMILES string of the molecule is Cc1cccn2c(=O)cc(COC(=O)c3cc4ccccc4cc3O)nc12. The van der Waals surface area contributed by atoms with Crippen LogP contribution >= 0.6 is 0 Å². The molecular weight excluding hydrogens is 344 g/mol. The third kappa shape index (κ3) is 3.13. The number of hydrogen-bond donors (Lipinski definition) is 1. The monoisotopic (exact) mass is 360 g/mol. The minimum Gasteiger partial charge on any atom is -0.507 e. The third-order valence-electron chi connectivity index (χ3n) is 4.37. The van der Waals surface area contributed by atoms with E-state index in [-0.39, 0.29) is 23.5 Å². The zero-order valence-electron chi connectivity index (χ0n) is 14.5. The van der Waals surface area contributed by atoms with Crippen LogP contribution in [0.25, 0.3) is 16.4 Å². The molecule has 0 amide bonds. The van der Waals surface area contributed by atoms with E-state index in [1.54, 1.807) is 18.3 Å². The molecule has 2 aromatic heterocycles. The summed E-state index contributed by atoms with van der Waals surface area (Å²) in [5, 5.41) is 11.8. The zero-order chi connectivity index (χ0) is 19.0. The Bertz CT molecular complexity index is 1240. The summed E-state index contributed by atoms with van der Waals surface area (Å²) >= 11 is 0. The number of aryl methyl sites for hydroxylation is 1. The largest absolute Gasteiger partial charge is 0.507 e. The molecule has 0 saturated carbocycles. The summed E-state index contributed by atoms with van der Waals surface area (Å²) in [6, 6.07) is 15.5. The van der Waals surface area contributed by atoms with Crippen LogP contribution < -0.4 is 5.56 Å². The van der Waals surface area contributed by atoms with E-state index in [0.29, 0.717) is 11.3 Å². The van der Waals surface area contributed by atoms with Gasteiger partial charge in [0.05, 0.1) is 5.69 Å². The third-order valence-corrected chi connectivity index (χ3v) is 4.37. The molecule has 0 radical (unpaired) electrons. The minimum atomic E-state index is -0.676. The number of ether oxygens (including phenoxy) is 1. The molecule has 0 atom stereocenters. The molecule has 2 heterocycles. The topological polar surface area (TPSA) is 80.9 Å². The number of carbonyl (C=O) groups is 1. The van der Waals surface area contributed by atoms with Crippen LogP contribution in [0.5, 0.6) is 5.75 Å². The second kappa shape index (κ2) is 6.57. The summed E-state index contributed by atoms with van der Waals surface area (Å²) in [7, 11) is 0. The maximum absolute atomic E-state index is 12.4. The van der Waals surface area contributed by atoms with E-state index in [1.807, 2.05) is 37.3 Å². The van der Waals surface area contributed by atoms with Crippen molar-refractivity contribution in [2.75, 3.05) is 0 Å².